The Kier molecular flexibility index (Phi) is 5.94. The molecule has 1 heterocycles. The first-order chi connectivity index (χ1) is 8.55. The average Bonchev–Trinajstić information content (AvgIpc) is 2.27. The Bertz CT molecular complexity index is 375. The molecule has 0 fully saturated rings. The molecule has 0 radical (unpaired) electrons. The molecule has 0 amide bonds. The molecular formula is C12H18F2N2O2. The largest absolute Gasteiger partial charge is 0.497 e. The van der Waals surface area contributed by atoms with Gasteiger partial charge in [-0.2, -0.15) is 0 Å². The molecule has 0 saturated heterocycles. The van der Waals surface area contributed by atoms with Crippen LogP contribution in [-0.4, -0.2) is 48.2 Å². The fraction of sp³-hybridized carbons (Fsp3) is 0.583. The van der Waals surface area contributed by atoms with Crippen molar-refractivity contribution in [3.05, 3.63) is 23.5 Å². The first-order valence-electron chi connectivity index (χ1n) is 5.68. The lowest BCUT2D eigenvalue weighted by Gasteiger charge is -2.20. The Hall–Kier alpha value is -1.27. The zero-order chi connectivity index (χ0) is 13.5. The van der Waals surface area contributed by atoms with E-state index in [0.29, 0.717) is 11.4 Å². The monoisotopic (exact) mass is 260 g/mol. The van der Waals surface area contributed by atoms with E-state index in [1.165, 1.54) is 4.90 Å². The van der Waals surface area contributed by atoms with Gasteiger partial charge in [0.05, 0.1) is 26.0 Å². The van der Waals surface area contributed by atoms with Crippen molar-refractivity contribution in [1.82, 2.24) is 9.88 Å². The first kappa shape index (κ1) is 14.8. The highest BCUT2D eigenvalue weighted by molar-refractivity contribution is 5.26. The van der Waals surface area contributed by atoms with Crippen LogP contribution in [0.3, 0.4) is 0 Å². The molecule has 0 aliphatic heterocycles. The molecule has 0 aromatic carbocycles. The van der Waals surface area contributed by atoms with Crippen LogP contribution in [0.15, 0.2) is 12.1 Å². The number of alkyl halides is 2. The predicted molar refractivity (Wildman–Crippen MR) is 63.9 cm³/mol. The lowest BCUT2D eigenvalue weighted by Crippen LogP contribution is -2.31. The van der Waals surface area contributed by atoms with Crippen LogP contribution in [-0.2, 0) is 6.54 Å². The minimum atomic E-state index is -2.43. The van der Waals surface area contributed by atoms with E-state index in [1.807, 2.05) is 6.92 Å². The lowest BCUT2D eigenvalue weighted by molar-refractivity contribution is 0.0740. The van der Waals surface area contributed by atoms with Gasteiger partial charge in [-0.15, -0.1) is 0 Å². The summed E-state index contributed by atoms with van der Waals surface area (Å²) in [4.78, 5) is 5.73. The van der Waals surface area contributed by atoms with Gasteiger partial charge in [-0.3, -0.25) is 9.88 Å². The molecule has 1 N–H and O–H groups in total. The normalized spacial score (nSPS) is 11.3. The van der Waals surface area contributed by atoms with E-state index in [1.54, 1.807) is 19.2 Å². The summed E-state index contributed by atoms with van der Waals surface area (Å²) in [6.07, 6.45) is -2.43. The minimum Gasteiger partial charge on any atom is -0.497 e. The van der Waals surface area contributed by atoms with E-state index in [0.717, 1.165) is 5.69 Å². The summed E-state index contributed by atoms with van der Waals surface area (Å²) < 4.78 is 29.8. The quantitative estimate of drug-likeness (QED) is 0.806. The molecular weight excluding hydrogens is 242 g/mol. The van der Waals surface area contributed by atoms with Crippen molar-refractivity contribution >= 4 is 0 Å². The standard InChI is InChI=1S/C12H18F2N2O2/c1-9-5-11(18-2)6-10(15-9)7-16(3-4-17)8-12(13)14/h5-6,12,17H,3-4,7-8H2,1-2H3. The smallest absolute Gasteiger partial charge is 0.251 e. The number of rotatable bonds is 7. The number of aliphatic hydroxyl groups excluding tert-OH is 1. The van der Waals surface area contributed by atoms with Gasteiger partial charge in [0.15, 0.2) is 0 Å². The molecule has 0 aliphatic rings. The number of nitrogens with zero attached hydrogens (tertiary/aromatic N) is 2. The summed E-state index contributed by atoms with van der Waals surface area (Å²) in [6.45, 7) is 1.74. The topological polar surface area (TPSA) is 45.6 Å². The Balaban J connectivity index is 2.75. The van der Waals surface area contributed by atoms with Crippen LogP contribution in [0.2, 0.25) is 0 Å². The maximum atomic E-state index is 12.4. The van der Waals surface area contributed by atoms with Crippen molar-refractivity contribution < 1.29 is 18.6 Å². The van der Waals surface area contributed by atoms with Crippen molar-refractivity contribution in [2.45, 2.75) is 19.9 Å². The van der Waals surface area contributed by atoms with Gasteiger partial charge >= 0.3 is 0 Å². The third-order valence-corrected chi connectivity index (χ3v) is 2.41. The Labute approximate surface area is 105 Å². The highest BCUT2D eigenvalue weighted by Gasteiger charge is 2.13. The molecule has 102 valence electrons. The van der Waals surface area contributed by atoms with Crippen LogP contribution in [0.5, 0.6) is 5.75 Å². The van der Waals surface area contributed by atoms with E-state index in [9.17, 15) is 8.78 Å². The van der Waals surface area contributed by atoms with Crippen molar-refractivity contribution in [3.8, 4) is 5.75 Å². The Morgan fingerprint density at radius 2 is 2.17 bits per heavy atom. The summed E-state index contributed by atoms with van der Waals surface area (Å²) in [6, 6.07) is 3.48. The molecule has 1 aromatic rings. The Morgan fingerprint density at radius 1 is 1.44 bits per heavy atom. The molecule has 1 aromatic heterocycles. The summed E-state index contributed by atoms with van der Waals surface area (Å²) >= 11 is 0. The third kappa shape index (κ3) is 4.93. The van der Waals surface area contributed by atoms with Gasteiger partial charge in [0.1, 0.15) is 5.75 Å². The van der Waals surface area contributed by atoms with Gasteiger partial charge in [0.2, 0.25) is 0 Å². The highest BCUT2D eigenvalue weighted by atomic mass is 19.3. The summed E-state index contributed by atoms with van der Waals surface area (Å²) in [5, 5.41) is 8.85. The maximum Gasteiger partial charge on any atom is 0.251 e. The van der Waals surface area contributed by atoms with Gasteiger partial charge in [-0.1, -0.05) is 0 Å². The van der Waals surface area contributed by atoms with E-state index in [-0.39, 0.29) is 26.2 Å². The number of hydrogen-bond donors (Lipinski definition) is 1. The van der Waals surface area contributed by atoms with E-state index in [2.05, 4.69) is 4.98 Å². The number of halogens is 2. The van der Waals surface area contributed by atoms with Gasteiger partial charge in [-0.25, -0.2) is 8.78 Å². The second kappa shape index (κ2) is 7.23. The van der Waals surface area contributed by atoms with E-state index < -0.39 is 6.43 Å². The fourth-order valence-electron chi connectivity index (χ4n) is 1.70. The van der Waals surface area contributed by atoms with Gasteiger partial charge in [-0.05, 0) is 6.92 Å². The number of hydrogen-bond acceptors (Lipinski definition) is 4. The number of aryl methyl sites for hydroxylation is 1. The number of pyridine rings is 1. The molecule has 0 bridgehead atoms. The second-order valence-corrected chi connectivity index (χ2v) is 3.99. The van der Waals surface area contributed by atoms with Crippen molar-refractivity contribution in [2.75, 3.05) is 26.8 Å². The van der Waals surface area contributed by atoms with E-state index >= 15 is 0 Å². The molecule has 18 heavy (non-hydrogen) atoms. The third-order valence-electron chi connectivity index (χ3n) is 2.41. The summed E-state index contributed by atoms with van der Waals surface area (Å²) in [7, 11) is 1.54. The SMILES string of the molecule is COc1cc(C)nc(CN(CCO)CC(F)F)c1. The van der Waals surface area contributed by atoms with Gasteiger partial charge < -0.3 is 9.84 Å². The molecule has 4 nitrogen and oxygen atoms in total. The van der Waals surface area contributed by atoms with Crippen molar-refractivity contribution in [1.29, 1.82) is 0 Å². The molecule has 0 atom stereocenters. The molecule has 6 heteroatoms. The lowest BCUT2D eigenvalue weighted by atomic mass is 10.2. The number of ether oxygens (including phenoxy) is 1. The maximum absolute atomic E-state index is 12.4. The minimum absolute atomic E-state index is 0.157. The number of aliphatic hydroxyl groups is 1. The van der Waals surface area contributed by atoms with Crippen LogP contribution < -0.4 is 4.74 Å². The zero-order valence-corrected chi connectivity index (χ0v) is 10.6. The molecule has 0 spiro atoms. The fourth-order valence-corrected chi connectivity index (χ4v) is 1.70. The second-order valence-electron chi connectivity index (χ2n) is 3.99. The molecule has 1 rings (SSSR count). The molecule has 0 unspecified atom stereocenters. The number of aromatic nitrogens is 1. The summed E-state index contributed by atoms with van der Waals surface area (Å²) in [5.41, 5.74) is 1.42. The van der Waals surface area contributed by atoms with Crippen LogP contribution in [0, 0.1) is 6.92 Å². The van der Waals surface area contributed by atoms with Crippen LogP contribution in [0.25, 0.3) is 0 Å². The molecule has 0 aliphatic carbocycles. The molecule has 0 saturated carbocycles. The van der Waals surface area contributed by atoms with Gasteiger partial charge in [0, 0.05) is 30.9 Å². The zero-order valence-electron chi connectivity index (χ0n) is 10.6. The average molecular weight is 260 g/mol. The van der Waals surface area contributed by atoms with Crippen LogP contribution in [0.4, 0.5) is 8.78 Å². The summed E-state index contributed by atoms with van der Waals surface area (Å²) in [5.74, 6) is 0.651. The van der Waals surface area contributed by atoms with Crippen LogP contribution in [0.1, 0.15) is 11.4 Å². The van der Waals surface area contributed by atoms with E-state index in [4.69, 9.17) is 9.84 Å². The van der Waals surface area contributed by atoms with Crippen LogP contribution >= 0.6 is 0 Å². The first-order valence-corrected chi connectivity index (χ1v) is 5.68. The number of methoxy groups -OCH3 is 1. The Morgan fingerprint density at radius 3 is 2.72 bits per heavy atom. The van der Waals surface area contributed by atoms with Gasteiger partial charge in [0.25, 0.3) is 6.43 Å². The highest BCUT2D eigenvalue weighted by Crippen LogP contribution is 2.15. The van der Waals surface area contributed by atoms with Crippen molar-refractivity contribution in [3.63, 3.8) is 0 Å². The predicted octanol–water partition coefficient (Wildman–Crippen LogP) is 1.46. The van der Waals surface area contributed by atoms with Crippen molar-refractivity contribution in [2.24, 2.45) is 0 Å².